The number of rotatable bonds is 5. The number of hydrogen-bond acceptors (Lipinski definition) is 5. The summed E-state index contributed by atoms with van der Waals surface area (Å²) in [4.78, 5) is 4.32. The molecule has 116 valence electrons. The van der Waals surface area contributed by atoms with E-state index in [9.17, 15) is 5.11 Å². The third kappa shape index (κ3) is 2.96. The van der Waals surface area contributed by atoms with Crippen LogP contribution in [0.3, 0.4) is 0 Å². The summed E-state index contributed by atoms with van der Waals surface area (Å²) < 4.78 is 7.08. The Morgan fingerprint density at radius 2 is 2.22 bits per heavy atom. The fourth-order valence-electron chi connectivity index (χ4n) is 2.43. The van der Waals surface area contributed by atoms with Gasteiger partial charge in [0.25, 0.3) is 0 Å². The highest BCUT2D eigenvalue weighted by atomic mass is 16.5. The summed E-state index contributed by atoms with van der Waals surface area (Å²) >= 11 is 0. The first-order chi connectivity index (χ1) is 11.2. The zero-order valence-electron chi connectivity index (χ0n) is 12.7. The van der Waals surface area contributed by atoms with Crippen molar-refractivity contribution in [3.05, 3.63) is 59.5 Å². The molecular weight excluding hydrogens is 292 g/mol. The first-order valence-corrected chi connectivity index (χ1v) is 7.13. The van der Waals surface area contributed by atoms with Crippen LogP contribution >= 0.6 is 0 Å². The quantitative estimate of drug-likeness (QED) is 0.756. The van der Waals surface area contributed by atoms with Crippen LogP contribution in [0.2, 0.25) is 0 Å². The molecule has 0 spiro atoms. The minimum atomic E-state index is -0.0835. The average Bonchev–Trinajstić information content (AvgIpc) is 3.01. The molecule has 6 heteroatoms. The molecule has 0 unspecified atom stereocenters. The first kappa shape index (κ1) is 14.9. The van der Waals surface area contributed by atoms with Gasteiger partial charge in [-0.25, -0.2) is 4.98 Å². The highest BCUT2D eigenvalue weighted by Gasteiger charge is 2.06. The summed E-state index contributed by atoms with van der Waals surface area (Å²) in [5.41, 5.74) is 3.93. The van der Waals surface area contributed by atoms with Gasteiger partial charge in [0.05, 0.1) is 37.7 Å². The molecule has 0 saturated carbocycles. The van der Waals surface area contributed by atoms with Crippen molar-refractivity contribution in [2.75, 3.05) is 12.4 Å². The van der Waals surface area contributed by atoms with Crippen LogP contribution in [0.1, 0.15) is 16.8 Å². The predicted molar refractivity (Wildman–Crippen MR) is 86.2 cm³/mol. The lowest BCUT2D eigenvalue weighted by Gasteiger charge is -2.11. The van der Waals surface area contributed by atoms with E-state index in [1.54, 1.807) is 25.6 Å². The van der Waals surface area contributed by atoms with E-state index in [-0.39, 0.29) is 6.61 Å². The molecule has 0 bridgehead atoms. The molecule has 2 aromatic heterocycles. The van der Waals surface area contributed by atoms with E-state index in [1.807, 2.05) is 28.7 Å². The van der Waals surface area contributed by atoms with E-state index in [1.165, 1.54) is 0 Å². The molecule has 0 aliphatic carbocycles. The molecule has 1 aromatic carbocycles. The number of nitrogens with zero attached hydrogens (tertiary/aromatic N) is 3. The molecule has 0 aliphatic rings. The third-order valence-electron chi connectivity index (χ3n) is 3.64. The van der Waals surface area contributed by atoms with Crippen molar-refractivity contribution in [3.63, 3.8) is 0 Å². The maximum absolute atomic E-state index is 9.37. The standard InChI is InChI=1S/C17H16N4O2/c1-23-16-4-3-14(6-13(16)11-22)19-8-15-9-20-17-5-2-12(7-18)10-21(15)17/h2-6,9-10,19,22H,8,11H2,1H3. The van der Waals surface area contributed by atoms with Crippen LogP contribution in [-0.4, -0.2) is 21.6 Å². The topological polar surface area (TPSA) is 82.6 Å². The SMILES string of the molecule is COc1ccc(NCc2cnc3ccc(C#N)cn23)cc1CO. The van der Waals surface area contributed by atoms with Gasteiger partial charge in [-0.3, -0.25) is 0 Å². The molecule has 0 fully saturated rings. The van der Waals surface area contributed by atoms with Crippen molar-refractivity contribution in [1.82, 2.24) is 9.38 Å². The third-order valence-corrected chi connectivity index (χ3v) is 3.64. The van der Waals surface area contributed by atoms with Crippen molar-refractivity contribution >= 4 is 11.3 Å². The number of benzene rings is 1. The molecule has 0 atom stereocenters. The summed E-state index contributed by atoms with van der Waals surface area (Å²) in [6.07, 6.45) is 3.55. The number of nitriles is 1. The van der Waals surface area contributed by atoms with E-state index in [2.05, 4.69) is 16.4 Å². The van der Waals surface area contributed by atoms with Crippen molar-refractivity contribution in [2.24, 2.45) is 0 Å². The number of imidazole rings is 1. The van der Waals surface area contributed by atoms with Gasteiger partial charge in [0.15, 0.2) is 0 Å². The number of nitrogens with one attached hydrogen (secondary N) is 1. The van der Waals surface area contributed by atoms with Crippen molar-refractivity contribution in [3.8, 4) is 11.8 Å². The fourth-order valence-corrected chi connectivity index (χ4v) is 2.43. The first-order valence-electron chi connectivity index (χ1n) is 7.13. The van der Waals surface area contributed by atoms with Gasteiger partial charge >= 0.3 is 0 Å². The van der Waals surface area contributed by atoms with Crippen LogP contribution in [-0.2, 0) is 13.2 Å². The molecule has 0 saturated heterocycles. The second-order valence-corrected chi connectivity index (χ2v) is 5.05. The van der Waals surface area contributed by atoms with Gasteiger partial charge in [-0.1, -0.05) is 0 Å². The normalized spacial score (nSPS) is 10.5. The Labute approximate surface area is 133 Å². The summed E-state index contributed by atoms with van der Waals surface area (Å²) in [7, 11) is 1.58. The van der Waals surface area contributed by atoms with Gasteiger partial charge in [0.2, 0.25) is 0 Å². The van der Waals surface area contributed by atoms with E-state index in [0.717, 1.165) is 22.6 Å². The highest BCUT2D eigenvalue weighted by Crippen LogP contribution is 2.23. The van der Waals surface area contributed by atoms with Gasteiger partial charge in [0.1, 0.15) is 17.5 Å². The number of pyridine rings is 1. The molecule has 3 aromatic rings. The molecule has 2 N–H and O–H groups in total. The lowest BCUT2D eigenvalue weighted by Crippen LogP contribution is -2.04. The summed E-state index contributed by atoms with van der Waals surface area (Å²) in [6, 6.07) is 11.2. The molecule has 0 amide bonds. The largest absolute Gasteiger partial charge is 0.496 e. The predicted octanol–water partition coefficient (Wildman–Crippen LogP) is 2.32. The number of ether oxygens (including phenoxy) is 1. The second-order valence-electron chi connectivity index (χ2n) is 5.05. The van der Waals surface area contributed by atoms with Gasteiger partial charge in [-0.15, -0.1) is 0 Å². The van der Waals surface area contributed by atoms with E-state index in [4.69, 9.17) is 10.00 Å². The average molecular weight is 308 g/mol. The molecule has 0 radical (unpaired) electrons. The van der Waals surface area contributed by atoms with Gasteiger partial charge in [0, 0.05) is 17.4 Å². The molecule has 2 heterocycles. The monoisotopic (exact) mass is 308 g/mol. The number of methoxy groups -OCH3 is 1. The number of hydrogen-bond donors (Lipinski definition) is 2. The van der Waals surface area contributed by atoms with Crippen LogP contribution in [0.15, 0.2) is 42.7 Å². The van der Waals surface area contributed by atoms with Crippen LogP contribution < -0.4 is 10.1 Å². The van der Waals surface area contributed by atoms with E-state index < -0.39 is 0 Å². The van der Waals surface area contributed by atoms with Gasteiger partial charge in [-0.05, 0) is 30.3 Å². The molecular formula is C17H16N4O2. The van der Waals surface area contributed by atoms with Crippen LogP contribution in [0.4, 0.5) is 5.69 Å². The van der Waals surface area contributed by atoms with Crippen molar-refractivity contribution < 1.29 is 9.84 Å². The Morgan fingerprint density at radius 3 is 2.96 bits per heavy atom. The van der Waals surface area contributed by atoms with Crippen LogP contribution in [0, 0.1) is 11.3 Å². The maximum Gasteiger partial charge on any atom is 0.137 e. The second kappa shape index (κ2) is 6.38. The van der Waals surface area contributed by atoms with E-state index in [0.29, 0.717) is 17.9 Å². The Bertz CT molecular complexity index is 880. The maximum atomic E-state index is 9.37. The molecule has 23 heavy (non-hydrogen) atoms. The number of fused-ring (bicyclic) bond motifs is 1. The Kier molecular flexibility index (Phi) is 4.13. The summed E-state index contributed by atoms with van der Waals surface area (Å²) in [5.74, 6) is 0.659. The van der Waals surface area contributed by atoms with Crippen molar-refractivity contribution in [1.29, 1.82) is 5.26 Å². The molecule has 3 rings (SSSR count). The van der Waals surface area contributed by atoms with Gasteiger partial charge < -0.3 is 19.6 Å². The number of aliphatic hydroxyl groups is 1. The Morgan fingerprint density at radius 1 is 1.35 bits per heavy atom. The molecule has 6 nitrogen and oxygen atoms in total. The fraction of sp³-hybridized carbons (Fsp3) is 0.176. The number of aromatic nitrogens is 2. The minimum absolute atomic E-state index is 0.0835. The molecule has 0 aliphatic heterocycles. The highest BCUT2D eigenvalue weighted by molar-refractivity contribution is 5.52. The van der Waals surface area contributed by atoms with E-state index >= 15 is 0 Å². The van der Waals surface area contributed by atoms with Crippen LogP contribution in [0.25, 0.3) is 5.65 Å². The summed E-state index contributed by atoms with van der Waals surface area (Å²) in [6.45, 7) is 0.465. The zero-order chi connectivity index (χ0) is 16.2. The minimum Gasteiger partial charge on any atom is -0.496 e. The van der Waals surface area contributed by atoms with Crippen LogP contribution in [0.5, 0.6) is 5.75 Å². The lowest BCUT2D eigenvalue weighted by molar-refractivity contribution is 0.274. The number of aliphatic hydroxyl groups excluding tert-OH is 1. The Hall–Kier alpha value is -3.04. The lowest BCUT2D eigenvalue weighted by atomic mass is 10.2. The number of anilines is 1. The van der Waals surface area contributed by atoms with Gasteiger partial charge in [-0.2, -0.15) is 5.26 Å². The Balaban J connectivity index is 1.82. The van der Waals surface area contributed by atoms with Crippen molar-refractivity contribution in [2.45, 2.75) is 13.2 Å². The zero-order valence-corrected chi connectivity index (χ0v) is 12.7. The summed E-state index contributed by atoms with van der Waals surface area (Å²) in [5, 5.41) is 21.7. The smallest absolute Gasteiger partial charge is 0.137 e.